The van der Waals surface area contributed by atoms with Crippen molar-refractivity contribution >= 4 is 5.69 Å². The predicted molar refractivity (Wildman–Crippen MR) is 129 cm³/mol. The van der Waals surface area contributed by atoms with Crippen LogP contribution in [0.25, 0.3) is 23.0 Å². The van der Waals surface area contributed by atoms with Gasteiger partial charge in [0.15, 0.2) is 0 Å². The Morgan fingerprint density at radius 2 is 1.21 bits per heavy atom. The second-order valence-corrected chi connectivity index (χ2v) is 7.70. The normalized spacial score (nSPS) is 11.4. The van der Waals surface area contributed by atoms with E-state index in [4.69, 9.17) is 14.2 Å². The van der Waals surface area contributed by atoms with Gasteiger partial charge in [-0.3, -0.25) is 15.2 Å². The first kappa shape index (κ1) is 34.7. The fourth-order valence-electron chi connectivity index (χ4n) is 2.82. The molecule has 19 heteroatoms. The molecule has 4 heterocycles. The molecule has 0 atom stereocenters. The smallest absolute Gasteiger partial charge is 0.413 e. The minimum Gasteiger partial charge on any atom is -0.413 e. The van der Waals surface area contributed by atoms with Gasteiger partial charge in [-0.05, 0) is 35.9 Å². The van der Waals surface area contributed by atoms with Crippen molar-refractivity contribution in [2.75, 3.05) is 52.0 Å². The van der Waals surface area contributed by atoms with Gasteiger partial charge < -0.3 is 39.7 Å². The molecule has 4 rings (SSSR count). The fourth-order valence-corrected chi connectivity index (χ4v) is 2.82. The molecule has 0 radical (unpaired) electrons. The van der Waals surface area contributed by atoms with Crippen molar-refractivity contribution in [3.05, 3.63) is 54.4 Å². The average molecular weight is 783 g/mol. The van der Waals surface area contributed by atoms with E-state index >= 15 is 0 Å². The van der Waals surface area contributed by atoms with E-state index < -0.39 is 35.7 Å². The monoisotopic (exact) mass is 782 g/mol. The number of nitrogens with zero attached hydrogens (tertiary/aromatic N) is 8. The Hall–Kier alpha value is -3.47. The van der Waals surface area contributed by atoms with Crippen LogP contribution in [0.15, 0.2) is 42.7 Å². The number of ether oxygens (including phenoxy) is 3. The van der Waals surface area contributed by atoms with E-state index in [1.807, 2.05) is 12.1 Å². The van der Waals surface area contributed by atoms with Crippen molar-refractivity contribution in [1.82, 2.24) is 40.3 Å². The summed E-state index contributed by atoms with van der Waals surface area (Å²) >= 11 is 0. The molecule has 0 bridgehead atoms. The molecule has 4 aromatic rings. The molecule has 0 aromatic carbocycles. The summed E-state index contributed by atoms with van der Waals surface area (Å²) in [7, 11) is 1.66. The second-order valence-electron chi connectivity index (χ2n) is 7.70. The van der Waals surface area contributed by atoms with Crippen LogP contribution >= 0.6 is 0 Å². The molecule has 0 aliphatic carbocycles. The van der Waals surface area contributed by atoms with Crippen LogP contribution in [0.5, 0.6) is 0 Å². The third-order valence-electron chi connectivity index (χ3n) is 4.68. The third kappa shape index (κ3) is 11.4. The van der Waals surface area contributed by atoms with Gasteiger partial charge >= 0.3 is 33.4 Å². The molecule has 0 saturated heterocycles. The van der Waals surface area contributed by atoms with Gasteiger partial charge in [-0.2, -0.15) is 26.3 Å². The molecule has 0 aliphatic heterocycles. The minimum atomic E-state index is -4.77. The number of alkyl halides is 6. The van der Waals surface area contributed by atoms with Gasteiger partial charge in [-0.25, -0.2) is 4.98 Å². The molecule has 42 heavy (non-hydrogen) atoms. The number of methoxy groups -OCH3 is 1. The van der Waals surface area contributed by atoms with E-state index in [1.54, 1.807) is 19.5 Å². The maximum atomic E-state index is 12.5. The number of aromatic nitrogens is 8. The van der Waals surface area contributed by atoms with Crippen molar-refractivity contribution in [2.45, 2.75) is 12.4 Å². The molecule has 12 nitrogen and oxygen atoms in total. The largest absolute Gasteiger partial charge is 2.00 e. The topological polar surface area (TPSA) is 145 Å². The Morgan fingerprint density at radius 3 is 1.69 bits per heavy atom. The van der Waals surface area contributed by atoms with Crippen LogP contribution in [-0.4, -0.2) is 76.8 Å². The number of anilines is 1. The molecule has 0 aliphatic rings. The Kier molecular flexibility index (Phi) is 13.9. The molecule has 0 amide bonds. The molecular weight excluding hydrogens is 759 g/mol. The fraction of sp³-hybridized carbons (Fsp3) is 0.391. The summed E-state index contributed by atoms with van der Waals surface area (Å²) in [6.07, 6.45) is -6.04. The van der Waals surface area contributed by atoms with Crippen LogP contribution in [-0.2, 0) is 47.6 Å². The minimum absolute atomic E-state index is 0. The Bertz CT molecular complexity index is 1260. The molecule has 0 spiro atoms. The van der Waals surface area contributed by atoms with Crippen molar-refractivity contribution < 1.29 is 61.6 Å². The van der Waals surface area contributed by atoms with Gasteiger partial charge in [0.05, 0.1) is 44.4 Å². The van der Waals surface area contributed by atoms with Crippen LogP contribution < -0.4 is 15.5 Å². The zero-order valence-electron chi connectivity index (χ0n) is 21.7. The second kappa shape index (κ2) is 16.8. The van der Waals surface area contributed by atoms with Crippen molar-refractivity contribution in [3.8, 4) is 23.0 Å². The van der Waals surface area contributed by atoms with E-state index in [2.05, 4.69) is 45.6 Å². The Labute approximate surface area is 249 Å². The van der Waals surface area contributed by atoms with Gasteiger partial charge in [0, 0.05) is 31.7 Å². The van der Waals surface area contributed by atoms with Crippen molar-refractivity contribution in [2.24, 2.45) is 0 Å². The zero-order chi connectivity index (χ0) is 29.7. The Morgan fingerprint density at radius 1 is 0.714 bits per heavy atom. The quantitative estimate of drug-likeness (QED) is 0.167. The summed E-state index contributed by atoms with van der Waals surface area (Å²) < 4.78 is 90.2. The maximum Gasteiger partial charge on any atom is 2.00 e. The summed E-state index contributed by atoms with van der Waals surface area (Å²) in [6, 6.07) is 7.70. The molecular formula is C23H23F6N9O3Pt. The van der Waals surface area contributed by atoms with Crippen molar-refractivity contribution in [3.63, 3.8) is 0 Å². The zero-order valence-corrected chi connectivity index (χ0v) is 23.9. The molecule has 1 N–H and O–H groups in total. The van der Waals surface area contributed by atoms with Gasteiger partial charge in [-0.1, -0.05) is 6.07 Å². The number of halogens is 6. The van der Waals surface area contributed by atoms with Crippen LogP contribution in [0, 0.1) is 0 Å². The number of hydrogen-bond donors (Lipinski definition) is 1. The van der Waals surface area contributed by atoms with Gasteiger partial charge in [0.2, 0.25) is 0 Å². The third-order valence-corrected chi connectivity index (χ3v) is 4.68. The number of hydrogen-bond acceptors (Lipinski definition) is 10. The van der Waals surface area contributed by atoms with Gasteiger partial charge in [-0.15, -0.1) is 0 Å². The van der Waals surface area contributed by atoms with E-state index in [0.29, 0.717) is 33.0 Å². The van der Waals surface area contributed by atoms with E-state index in [1.165, 1.54) is 18.2 Å². The van der Waals surface area contributed by atoms with E-state index in [9.17, 15) is 26.3 Å². The molecule has 0 fully saturated rings. The molecule has 0 saturated carbocycles. The summed E-state index contributed by atoms with van der Waals surface area (Å²) in [4.78, 5) is 14.1. The first-order valence-corrected chi connectivity index (χ1v) is 11.7. The summed E-state index contributed by atoms with van der Waals surface area (Å²) in [6.45, 7) is 3.91. The summed E-state index contributed by atoms with van der Waals surface area (Å²) in [5.74, 6) is -3.76. The predicted octanol–water partition coefficient (Wildman–Crippen LogP) is 3.12. The summed E-state index contributed by atoms with van der Waals surface area (Å²) in [5.41, 5.74) is 0.794. The van der Waals surface area contributed by atoms with Gasteiger partial charge in [0.1, 0.15) is 11.6 Å². The molecule has 0 unspecified atom stereocenters. The van der Waals surface area contributed by atoms with Crippen LogP contribution in [0.1, 0.15) is 11.6 Å². The van der Waals surface area contributed by atoms with E-state index in [0.717, 1.165) is 12.2 Å². The molecule has 4 aromatic heterocycles. The van der Waals surface area contributed by atoms with Gasteiger partial charge in [0.25, 0.3) is 0 Å². The average Bonchev–Trinajstić information content (AvgIpc) is 3.64. The Balaban J connectivity index is 0.000000305. The number of pyridine rings is 2. The number of nitrogens with one attached hydrogen (secondary N) is 1. The first-order chi connectivity index (χ1) is 19.6. The van der Waals surface area contributed by atoms with Crippen LogP contribution in [0.3, 0.4) is 0 Å². The van der Waals surface area contributed by atoms with E-state index in [-0.39, 0.29) is 32.5 Å². The maximum absolute atomic E-state index is 12.5. The van der Waals surface area contributed by atoms with Crippen molar-refractivity contribution in [1.29, 1.82) is 0 Å². The standard InChI is InChI=1S/C12H20N2O3.C11H3F6N7.Pt/c1-15-8-9-17-11-10-16-7-6-14-12-2-4-13-5-3-12;12-10(13,14)8-19-6(21-23-8)4-2-1-3-5(18-4)7-20-9(24-22-7)11(15,16)17;/h2-5H,6-11H2,1H3,(H,13,14);1-3H;/q;-2;+2. The number of rotatable bonds is 12. The SMILES string of the molecule is COCCOCCOCCNc1ccncc1.FC(F)(F)c1n[n-]c(-c2cccc(-c3nc(C(F)(F)F)n[n-]3)n2)n1.[Pt+2]. The summed E-state index contributed by atoms with van der Waals surface area (Å²) in [5, 5.41) is 15.5. The molecule has 230 valence electrons. The van der Waals surface area contributed by atoms with Crippen LogP contribution in [0.4, 0.5) is 32.0 Å². The first-order valence-electron chi connectivity index (χ1n) is 11.7. The van der Waals surface area contributed by atoms with Crippen LogP contribution in [0.2, 0.25) is 0 Å².